The molecule has 0 spiro atoms. The van der Waals surface area contributed by atoms with Crippen LogP contribution in [0.1, 0.15) is 30.0 Å². The molecule has 1 aromatic carbocycles. The van der Waals surface area contributed by atoms with E-state index in [1.54, 1.807) is 17.4 Å². The zero-order chi connectivity index (χ0) is 14.8. The van der Waals surface area contributed by atoms with E-state index in [0.29, 0.717) is 5.58 Å². The first-order valence-corrected chi connectivity index (χ1v) is 8.52. The van der Waals surface area contributed by atoms with Gasteiger partial charge in [-0.15, -0.1) is 11.3 Å². The van der Waals surface area contributed by atoms with Crippen molar-refractivity contribution in [2.75, 3.05) is 6.54 Å². The molecule has 1 unspecified atom stereocenters. The van der Waals surface area contributed by atoms with E-state index in [4.69, 9.17) is 4.42 Å². The fourth-order valence-electron chi connectivity index (χ4n) is 2.31. The third-order valence-corrected chi connectivity index (χ3v) is 5.24. The van der Waals surface area contributed by atoms with Gasteiger partial charge in [0.05, 0.1) is 0 Å². The summed E-state index contributed by atoms with van der Waals surface area (Å²) in [5, 5.41) is 6.30. The van der Waals surface area contributed by atoms with Crippen LogP contribution in [0.3, 0.4) is 0 Å². The molecule has 0 aliphatic rings. The number of thiophene rings is 1. The Kier molecular flexibility index (Phi) is 4.42. The summed E-state index contributed by atoms with van der Waals surface area (Å²) in [7, 11) is 0. The van der Waals surface area contributed by atoms with Crippen LogP contribution in [0, 0.1) is 5.82 Å². The molecule has 2 aromatic heterocycles. The maximum absolute atomic E-state index is 13.8. The third-order valence-electron chi connectivity index (χ3n) is 3.31. The first-order chi connectivity index (χ1) is 10.2. The van der Waals surface area contributed by atoms with Crippen LogP contribution in [0.5, 0.6) is 0 Å². The lowest BCUT2D eigenvalue weighted by atomic mass is 10.1. The van der Waals surface area contributed by atoms with E-state index >= 15 is 0 Å². The Morgan fingerprint density at radius 2 is 2.24 bits per heavy atom. The number of halogens is 2. The SMILES string of the molecule is CCCNC(c1cc2cccc(F)c2o1)c1sccc1Br. The highest BCUT2D eigenvalue weighted by Gasteiger charge is 2.22. The number of nitrogens with one attached hydrogen (secondary N) is 1. The molecular formula is C16H15BrFNOS. The molecule has 0 saturated heterocycles. The van der Waals surface area contributed by atoms with E-state index in [1.807, 2.05) is 23.6 Å². The molecule has 1 atom stereocenters. The van der Waals surface area contributed by atoms with Crippen molar-refractivity contribution >= 4 is 38.2 Å². The normalized spacial score (nSPS) is 12.9. The first kappa shape index (κ1) is 14.8. The van der Waals surface area contributed by atoms with E-state index in [1.165, 1.54) is 6.07 Å². The van der Waals surface area contributed by atoms with Crippen molar-refractivity contribution in [3.8, 4) is 0 Å². The molecule has 0 fully saturated rings. The molecular weight excluding hydrogens is 353 g/mol. The average molecular weight is 368 g/mol. The van der Waals surface area contributed by atoms with E-state index < -0.39 is 0 Å². The van der Waals surface area contributed by atoms with Gasteiger partial charge in [0.15, 0.2) is 11.4 Å². The van der Waals surface area contributed by atoms with Gasteiger partial charge in [-0.05, 0) is 52.5 Å². The number of hydrogen-bond donors (Lipinski definition) is 1. The van der Waals surface area contributed by atoms with Crippen molar-refractivity contribution in [1.29, 1.82) is 0 Å². The highest BCUT2D eigenvalue weighted by molar-refractivity contribution is 9.10. The van der Waals surface area contributed by atoms with Crippen LogP contribution >= 0.6 is 27.3 Å². The number of para-hydroxylation sites is 1. The Balaban J connectivity index is 2.05. The van der Waals surface area contributed by atoms with Gasteiger partial charge in [0, 0.05) is 14.7 Å². The molecule has 2 nitrogen and oxygen atoms in total. The lowest BCUT2D eigenvalue weighted by molar-refractivity contribution is 0.461. The average Bonchev–Trinajstić information content (AvgIpc) is 3.07. The Bertz CT molecular complexity index is 752. The summed E-state index contributed by atoms with van der Waals surface area (Å²) in [4.78, 5) is 1.14. The second-order valence-corrected chi connectivity index (χ2v) is 6.63. The maximum atomic E-state index is 13.8. The third kappa shape index (κ3) is 2.91. The topological polar surface area (TPSA) is 25.2 Å². The van der Waals surface area contributed by atoms with Gasteiger partial charge in [-0.3, -0.25) is 0 Å². The Morgan fingerprint density at radius 3 is 2.90 bits per heavy atom. The van der Waals surface area contributed by atoms with Gasteiger partial charge in [-0.25, -0.2) is 4.39 Å². The molecule has 0 amide bonds. The van der Waals surface area contributed by atoms with Crippen molar-refractivity contribution in [1.82, 2.24) is 5.32 Å². The fourth-order valence-corrected chi connectivity index (χ4v) is 4.00. The molecule has 0 bridgehead atoms. The molecule has 3 aromatic rings. The molecule has 5 heteroatoms. The Morgan fingerprint density at radius 1 is 1.38 bits per heavy atom. The zero-order valence-corrected chi connectivity index (χ0v) is 13.9. The monoisotopic (exact) mass is 367 g/mol. The minimum Gasteiger partial charge on any atom is -0.456 e. The van der Waals surface area contributed by atoms with Gasteiger partial charge in [0.25, 0.3) is 0 Å². The molecule has 3 rings (SSSR count). The van der Waals surface area contributed by atoms with Crippen molar-refractivity contribution < 1.29 is 8.81 Å². The van der Waals surface area contributed by atoms with Gasteiger partial charge in [0.2, 0.25) is 0 Å². The predicted octanol–water partition coefficient (Wildman–Crippen LogP) is 5.48. The number of furan rings is 1. The molecule has 1 N–H and O–H groups in total. The van der Waals surface area contributed by atoms with E-state index in [-0.39, 0.29) is 11.9 Å². The van der Waals surface area contributed by atoms with Crippen LogP contribution in [-0.4, -0.2) is 6.54 Å². The Labute approximate surface area is 135 Å². The summed E-state index contributed by atoms with van der Waals surface area (Å²) in [6.07, 6.45) is 1.02. The molecule has 0 aliphatic heterocycles. The summed E-state index contributed by atoms with van der Waals surface area (Å²) in [5.74, 6) is 0.421. The van der Waals surface area contributed by atoms with Gasteiger partial charge in [-0.1, -0.05) is 19.1 Å². The zero-order valence-electron chi connectivity index (χ0n) is 11.5. The summed E-state index contributed by atoms with van der Waals surface area (Å²) in [5.41, 5.74) is 0.323. The number of fused-ring (bicyclic) bond motifs is 1. The fraction of sp³-hybridized carbons (Fsp3) is 0.250. The van der Waals surface area contributed by atoms with Gasteiger partial charge >= 0.3 is 0 Å². The molecule has 0 saturated carbocycles. The van der Waals surface area contributed by atoms with E-state index in [2.05, 4.69) is 28.2 Å². The second-order valence-electron chi connectivity index (χ2n) is 4.83. The highest BCUT2D eigenvalue weighted by atomic mass is 79.9. The number of rotatable bonds is 5. The maximum Gasteiger partial charge on any atom is 0.169 e. The molecule has 21 heavy (non-hydrogen) atoms. The molecule has 0 radical (unpaired) electrons. The summed E-state index contributed by atoms with van der Waals surface area (Å²) in [6.45, 7) is 2.99. The van der Waals surface area contributed by atoms with Gasteiger partial charge < -0.3 is 9.73 Å². The number of hydrogen-bond acceptors (Lipinski definition) is 3. The van der Waals surface area contributed by atoms with Crippen molar-refractivity contribution in [2.45, 2.75) is 19.4 Å². The van der Waals surface area contributed by atoms with Crippen LogP contribution in [0.25, 0.3) is 11.0 Å². The van der Waals surface area contributed by atoms with Crippen LogP contribution in [0.4, 0.5) is 4.39 Å². The van der Waals surface area contributed by atoms with Crippen LogP contribution in [-0.2, 0) is 0 Å². The lowest BCUT2D eigenvalue weighted by Crippen LogP contribution is -2.22. The lowest BCUT2D eigenvalue weighted by Gasteiger charge is -2.15. The summed E-state index contributed by atoms with van der Waals surface area (Å²) in [6, 6.07) is 8.86. The largest absolute Gasteiger partial charge is 0.456 e. The molecule has 110 valence electrons. The molecule has 2 heterocycles. The minimum absolute atomic E-state index is 0.0638. The van der Waals surface area contributed by atoms with Crippen molar-refractivity contribution in [3.63, 3.8) is 0 Å². The summed E-state index contributed by atoms with van der Waals surface area (Å²) >= 11 is 5.22. The minimum atomic E-state index is -0.321. The van der Waals surface area contributed by atoms with Crippen molar-refractivity contribution in [2.24, 2.45) is 0 Å². The standard InChI is InChI=1S/C16H15BrFNOS/c1-2-7-19-14(16-11(17)6-8-21-16)13-9-10-4-3-5-12(18)15(10)20-13/h3-6,8-9,14,19H,2,7H2,1H3. The van der Waals surface area contributed by atoms with Gasteiger partial charge in [0.1, 0.15) is 11.8 Å². The highest BCUT2D eigenvalue weighted by Crippen LogP contribution is 2.36. The van der Waals surface area contributed by atoms with Crippen LogP contribution in [0.15, 0.2) is 44.6 Å². The Hall–Kier alpha value is -1.17. The first-order valence-electron chi connectivity index (χ1n) is 6.85. The van der Waals surface area contributed by atoms with Crippen molar-refractivity contribution in [3.05, 3.63) is 56.6 Å². The quantitative estimate of drug-likeness (QED) is 0.645. The van der Waals surface area contributed by atoms with E-state index in [9.17, 15) is 4.39 Å². The predicted molar refractivity (Wildman–Crippen MR) is 88.3 cm³/mol. The smallest absolute Gasteiger partial charge is 0.169 e. The summed E-state index contributed by atoms with van der Waals surface area (Å²) < 4.78 is 20.6. The van der Waals surface area contributed by atoms with Crippen LogP contribution < -0.4 is 5.32 Å². The number of benzene rings is 1. The molecule has 0 aliphatic carbocycles. The van der Waals surface area contributed by atoms with Gasteiger partial charge in [-0.2, -0.15) is 0 Å². The van der Waals surface area contributed by atoms with Crippen LogP contribution in [0.2, 0.25) is 0 Å². The second kappa shape index (κ2) is 6.30. The van der Waals surface area contributed by atoms with E-state index in [0.717, 1.165) is 33.5 Å².